The third kappa shape index (κ3) is 4.14. The Morgan fingerprint density at radius 1 is 1.42 bits per heavy atom. The van der Waals surface area contributed by atoms with Gasteiger partial charge in [-0.15, -0.1) is 5.10 Å². The molecule has 1 N–H and O–H groups in total. The Hall–Kier alpha value is -1.20. The zero-order valence-electron chi connectivity index (χ0n) is 11.9. The Labute approximate surface area is 115 Å². The number of rotatable bonds is 6. The fourth-order valence-corrected chi connectivity index (χ4v) is 2.35. The second kappa shape index (κ2) is 7.40. The largest absolute Gasteiger partial charge is 0.380 e. The summed E-state index contributed by atoms with van der Waals surface area (Å²) in [4.78, 5) is 2.26. The monoisotopic (exact) mass is 264 g/mol. The van der Waals surface area contributed by atoms with E-state index in [1.165, 1.54) is 0 Å². The second-order valence-corrected chi connectivity index (χ2v) is 5.01. The maximum absolute atomic E-state index is 5.43. The van der Waals surface area contributed by atoms with Crippen molar-refractivity contribution < 1.29 is 4.74 Å². The maximum Gasteiger partial charge on any atom is 0.151 e. The summed E-state index contributed by atoms with van der Waals surface area (Å²) < 4.78 is 5.43. The SMILES string of the molecule is CCCNCc1ccc(N2CCCC(OC)C2)nn1. The molecule has 0 amide bonds. The number of aromatic nitrogens is 2. The fourth-order valence-electron chi connectivity index (χ4n) is 2.35. The molecule has 0 radical (unpaired) electrons. The summed E-state index contributed by atoms with van der Waals surface area (Å²) in [5.74, 6) is 0.959. The van der Waals surface area contributed by atoms with Crippen LogP contribution in [0, 0.1) is 0 Å². The average Bonchev–Trinajstić information content (AvgIpc) is 2.48. The molecule has 2 heterocycles. The quantitative estimate of drug-likeness (QED) is 0.791. The van der Waals surface area contributed by atoms with Gasteiger partial charge in [-0.05, 0) is 37.9 Å². The Morgan fingerprint density at radius 3 is 3.00 bits per heavy atom. The number of hydrogen-bond donors (Lipinski definition) is 1. The van der Waals surface area contributed by atoms with Gasteiger partial charge >= 0.3 is 0 Å². The van der Waals surface area contributed by atoms with Crippen LogP contribution in [0.4, 0.5) is 5.82 Å². The highest BCUT2D eigenvalue weighted by molar-refractivity contribution is 5.38. The van der Waals surface area contributed by atoms with E-state index in [0.717, 1.165) is 57.0 Å². The Bertz CT molecular complexity index is 368. The molecule has 1 fully saturated rings. The molecule has 0 bridgehead atoms. The van der Waals surface area contributed by atoms with E-state index in [4.69, 9.17) is 4.74 Å². The summed E-state index contributed by atoms with van der Waals surface area (Å²) in [5.41, 5.74) is 0.998. The topological polar surface area (TPSA) is 50.3 Å². The summed E-state index contributed by atoms with van der Waals surface area (Å²) in [6.07, 6.45) is 3.75. The van der Waals surface area contributed by atoms with E-state index < -0.39 is 0 Å². The second-order valence-electron chi connectivity index (χ2n) is 5.01. The number of piperidine rings is 1. The van der Waals surface area contributed by atoms with Crippen LogP contribution in [0.15, 0.2) is 12.1 Å². The van der Waals surface area contributed by atoms with Crippen LogP contribution in [0.1, 0.15) is 31.9 Å². The highest BCUT2D eigenvalue weighted by atomic mass is 16.5. The molecule has 0 saturated carbocycles. The van der Waals surface area contributed by atoms with Crippen molar-refractivity contribution in [3.8, 4) is 0 Å². The first-order chi connectivity index (χ1) is 9.33. The first-order valence-corrected chi connectivity index (χ1v) is 7.14. The molecule has 2 rings (SSSR count). The van der Waals surface area contributed by atoms with Gasteiger partial charge in [-0.3, -0.25) is 0 Å². The predicted molar refractivity (Wildman–Crippen MR) is 76.3 cm³/mol. The van der Waals surface area contributed by atoms with Gasteiger partial charge in [0, 0.05) is 26.7 Å². The van der Waals surface area contributed by atoms with Crippen molar-refractivity contribution in [2.24, 2.45) is 0 Å². The lowest BCUT2D eigenvalue weighted by Crippen LogP contribution is -2.39. The lowest BCUT2D eigenvalue weighted by atomic mass is 10.1. The van der Waals surface area contributed by atoms with Crippen molar-refractivity contribution in [3.05, 3.63) is 17.8 Å². The van der Waals surface area contributed by atoms with Crippen molar-refractivity contribution in [2.75, 3.05) is 31.6 Å². The molecule has 1 aliphatic heterocycles. The highest BCUT2D eigenvalue weighted by Crippen LogP contribution is 2.18. The smallest absolute Gasteiger partial charge is 0.151 e. The molecule has 0 aromatic carbocycles. The molecule has 1 aliphatic rings. The molecule has 1 unspecified atom stereocenters. The van der Waals surface area contributed by atoms with Gasteiger partial charge in [0.1, 0.15) is 0 Å². The summed E-state index contributed by atoms with van der Waals surface area (Å²) in [5, 5.41) is 11.9. The molecule has 106 valence electrons. The van der Waals surface area contributed by atoms with Crippen LogP contribution >= 0.6 is 0 Å². The number of anilines is 1. The molecule has 0 spiro atoms. The Morgan fingerprint density at radius 2 is 2.32 bits per heavy atom. The Kier molecular flexibility index (Phi) is 5.54. The first kappa shape index (κ1) is 14.2. The van der Waals surface area contributed by atoms with Crippen molar-refractivity contribution in [1.29, 1.82) is 0 Å². The van der Waals surface area contributed by atoms with E-state index >= 15 is 0 Å². The fraction of sp³-hybridized carbons (Fsp3) is 0.714. The molecule has 5 heteroatoms. The van der Waals surface area contributed by atoms with Crippen molar-refractivity contribution in [3.63, 3.8) is 0 Å². The van der Waals surface area contributed by atoms with Crippen LogP contribution < -0.4 is 10.2 Å². The minimum Gasteiger partial charge on any atom is -0.380 e. The number of nitrogens with one attached hydrogen (secondary N) is 1. The number of nitrogens with zero attached hydrogens (tertiary/aromatic N) is 3. The summed E-state index contributed by atoms with van der Waals surface area (Å²) in [6.45, 7) is 5.93. The highest BCUT2D eigenvalue weighted by Gasteiger charge is 2.20. The minimum atomic E-state index is 0.321. The summed E-state index contributed by atoms with van der Waals surface area (Å²) >= 11 is 0. The number of ether oxygens (including phenoxy) is 1. The number of hydrogen-bond acceptors (Lipinski definition) is 5. The van der Waals surface area contributed by atoms with E-state index in [1.54, 1.807) is 7.11 Å². The van der Waals surface area contributed by atoms with Gasteiger partial charge < -0.3 is 15.0 Å². The van der Waals surface area contributed by atoms with E-state index in [-0.39, 0.29) is 0 Å². The van der Waals surface area contributed by atoms with Crippen LogP contribution in [0.3, 0.4) is 0 Å². The maximum atomic E-state index is 5.43. The molecule has 1 aromatic rings. The standard InChI is InChI=1S/C14H24N4O/c1-3-8-15-10-12-6-7-14(17-16-12)18-9-4-5-13(11-18)19-2/h6-7,13,15H,3-5,8-11H2,1-2H3. The first-order valence-electron chi connectivity index (χ1n) is 7.14. The van der Waals surface area contributed by atoms with E-state index in [2.05, 4.69) is 39.5 Å². The molecule has 1 saturated heterocycles. The lowest BCUT2D eigenvalue weighted by molar-refractivity contribution is 0.0891. The lowest BCUT2D eigenvalue weighted by Gasteiger charge is -2.32. The van der Waals surface area contributed by atoms with Crippen LogP contribution in [0.5, 0.6) is 0 Å². The zero-order chi connectivity index (χ0) is 13.5. The molecule has 5 nitrogen and oxygen atoms in total. The van der Waals surface area contributed by atoms with Gasteiger partial charge in [0.25, 0.3) is 0 Å². The predicted octanol–water partition coefficient (Wildman–Crippen LogP) is 1.59. The normalized spacial score (nSPS) is 19.7. The van der Waals surface area contributed by atoms with E-state index in [1.807, 2.05) is 0 Å². The van der Waals surface area contributed by atoms with Gasteiger partial charge in [-0.2, -0.15) is 5.10 Å². The summed E-state index contributed by atoms with van der Waals surface area (Å²) in [7, 11) is 1.78. The molecular weight excluding hydrogens is 240 g/mol. The van der Waals surface area contributed by atoms with E-state index in [9.17, 15) is 0 Å². The molecular formula is C14H24N4O. The Balaban J connectivity index is 1.90. The molecule has 1 atom stereocenters. The van der Waals surface area contributed by atoms with Crippen LogP contribution in [0.2, 0.25) is 0 Å². The van der Waals surface area contributed by atoms with Crippen LogP contribution in [0.25, 0.3) is 0 Å². The van der Waals surface area contributed by atoms with Gasteiger partial charge in [-0.1, -0.05) is 6.92 Å². The molecule has 0 aliphatic carbocycles. The van der Waals surface area contributed by atoms with Crippen molar-refractivity contribution in [2.45, 2.75) is 38.8 Å². The third-order valence-corrected chi connectivity index (χ3v) is 3.47. The summed E-state index contributed by atoms with van der Waals surface area (Å²) in [6, 6.07) is 4.12. The zero-order valence-corrected chi connectivity index (χ0v) is 11.9. The minimum absolute atomic E-state index is 0.321. The number of methoxy groups -OCH3 is 1. The van der Waals surface area contributed by atoms with Crippen LogP contribution in [-0.2, 0) is 11.3 Å². The molecule has 1 aromatic heterocycles. The van der Waals surface area contributed by atoms with Gasteiger partial charge in [0.05, 0.1) is 11.8 Å². The van der Waals surface area contributed by atoms with Crippen molar-refractivity contribution in [1.82, 2.24) is 15.5 Å². The van der Waals surface area contributed by atoms with Crippen molar-refractivity contribution >= 4 is 5.82 Å². The molecule has 19 heavy (non-hydrogen) atoms. The average molecular weight is 264 g/mol. The van der Waals surface area contributed by atoms with Crippen LogP contribution in [-0.4, -0.2) is 43.0 Å². The van der Waals surface area contributed by atoms with E-state index in [0.29, 0.717) is 6.10 Å². The van der Waals surface area contributed by atoms with Gasteiger partial charge in [0.15, 0.2) is 5.82 Å². The van der Waals surface area contributed by atoms with Gasteiger partial charge in [0.2, 0.25) is 0 Å². The van der Waals surface area contributed by atoms with Gasteiger partial charge in [-0.25, -0.2) is 0 Å². The third-order valence-electron chi connectivity index (χ3n) is 3.47.